The van der Waals surface area contributed by atoms with E-state index in [0.717, 1.165) is 22.9 Å². The van der Waals surface area contributed by atoms with Gasteiger partial charge in [-0.25, -0.2) is 0 Å². The number of pyridine rings is 1. The number of hydrogen-bond donors (Lipinski definition) is 1. The van der Waals surface area contributed by atoms with Gasteiger partial charge in [-0.05, 0) is 39.7 Å². The van der Waals surface area contributed by atoms with Gasteiger partial charge in [0.25, 0.3) is 0 Å². The van der Waals surface area contributed by atoms with Crippen LogP contribution in [-0.2, 0) is 6.54 Å². The van der Waals surface area contributed by atoms with Crippen LogP contribution in [-0.4, -0.2) is 18.2 Å². The van der Waals surface area contributed by atoms with Crippen molar-refractivity contribution in [1.29, 1.82) is 0 Å². The van der Waals surface area contributed by atoms with Crippen LogP contribution in [0, 0.1) is 0 Å². The minimum Gasteiger partial charge on any atom is -0.369 e. The second-order valence-electron chi connectivity index (χ2n) is 3.89. The molecule has 1 aliphatic carbocycles. The minimum atomic E-state index is 0.991. The van der Waals surface area contributed by atoms with Crippen LogP contribution in [0.25, 0.3) is 11.3 Å². The lowest BCUT2D eigenvalue weighted by Crippen LogP contribution is -2.07. The van der Waals surface area contributed by atoms with Gasteiger partial charge in [0.05, 0.1) is 15.5 Å². The van der Waals surface area contributed by atoms with Crippen LogP contribution >= 0.6 is 15.9 Å². The van der Waals surface area contributed by atoms with E-state index in [1.807, 2.05) is 13.1 Å². The largest absolute Gasteiger partial charge is 0.369 e. The number of fused-ring (bicyclic) bond motifs is 3. The van der Waals surface area contributed by atoms with E-state index < -0.39 is 0 Å². The molecular weight excluding hydrogens is 266 g/mol. The molecule has 0 atom stereocenters. The van der Waals surface area contributed by atoms with Gasteiger partial charge in [-0.15, -0.1) is 0 Å². The van der Waals surface area contributed by atoms with Crippen molar-refractivity contribution in [3.8, 4) is 11.3 Å². The predicted molar refractivity (Wildman–Crippen MR) is 68.7 cm³/mol. The van der Waals surface area contributed by atoms with Crippen molar-refractivity contribution in [2.75, 3.05) is 18.9 Å². The maximum atomic E-state index is 4.22. The van der Waals surface area contributed by atoms with Gasteiger partial charge in [0, 0.05) is 20.1 Å². The molecule has 0 aromatic carbocycles. The fourth-order valence-electron chi connectivity index (χ4n) is 2.18. The smallest absolute Gasteiger partial charge is 0.121 e. The van der Waals surface area contributed by atoms with Gasteiger partial charge >= 0.3 is 0 Å². The zero-order valence-corrected chi connectivity index (χ0v) is 10.6. The third-order valence-corrected chi connectivity index (χ3v) is 3.57. The molecule has 3 aliphatic rings. The Morgan fingerprint density at radius 2 is 2.25 bits per heavy atom. The van der Waals surface area contributed by atoms with Gasteiger partial charge in [-0.1, -0.05) is 6.07 Å². The van der Waals surface area contributed by atoms with Gasteiger partial charge in [0.2, 0.25) is 0 Å². The minimum absolute atomic E-state index is 0.991. The quantitative estimate of drug-likeness (QED) is 0.787. The lowest BCUT2D eigenvalue weighted by atomic mass is 10.1. The normalized spacial score (nSPS) is 15.2. The van der Waals surface area contributed by atoms with Crippen LogP contribution in [0.5, 0.6) is 0 Å². The number of halogens is 1. The molecule has 0 radical (unpaired) electrons. The SMILES string of the molecule is CN=c1ccc2cc(Br)c3n(c-2c1)CCN3. The Hall–Kier alpha value is -1.29. The molecule has 3 rings (SSSR count). The van der Waals surface area contributed by atoms with E-state index >= 15 is 0 Å². The molecule has 0 bridgehead atoms. The molecule has 16 heavy (non-hydrogen) atoms. The summed E-state index contributed by atoms with van der Waals surface area (Å²) in [6.07, 6.45) is 0. The number of nitrogens with one attached hydrogen (secondary N) is 1. The van der Waals surface area contributed by atoms with Crippen LogP contribution in [0.4, 0.5) is 5.82 Å². The topological polar surface area (TPSA) is 29.3 Å². The van der Waals surface area contributed by atoms with E-state index in [0.29, 0.717) is 0 Å². The second-order valence-corrected chi connectivity index (χ2v) is 4.74. The Morgan fingerprint density at radius 1 is 1.38 bits per heavy atom. The monoisotopic (exact) mass is 277 g/mol. The average molecular weight is 278 g/mol. The van der Waals surface area contributed by atoms with Crippen molar-refractivity contribution < 1.29 is 0 Å². The molecule has 4 heteroatoms. The summed E-state index contributed by atoms with van der Waals surface area (Å²) in [5, 5.41) is 4.41. The highest BCUT2D eigenvalue weighted by Gasteiger charge is 2.17. The van der Waals surface area contributed by atoms with Gasteiger partial charge < -0.3 is 9.88 Å². The molecule has 0 aromatic heterocycles. The molecule has 3 nitrogen and oxygen atoms in total. The van der Waals surface area contributed by atoms with E-state index in [-0.39, 0.29) is 0 Å². The zero-order valence-electron chi connectivity index (χ0n) is 9.00. The van der Waals surface area contributed by atoms with Crippen molar-refractivity contribution in [3.05, 3.63) is 34.1 Å². The number of nitrogens with zero attached hydrogens (tertiary/aromatic N) is 2. The molecule has 0 aromatic rings. The fourth-order valence-corrected chi connectivity index (χ4v) is 2.78. The number of benzene rings is 1. The summed E-state index contributed by atoms with van der Waals surface area (Å²) in [6.45, 7) is 2.00. The van der Waals surface area contributed by atoms with Gasteiger partial charge in [0.1, 0.15) is 5.82 Å². The Morgan fingerprint density at radius 3 is 3.06 bits per heavy atom. The highest BCUT2D eigenvalue weighted by atomic mass is 79.9. The number of anilines is 1. The summed E-state index contributed by atoms with van der Waals surface area (Å²) < 4.78 is 3.42. The van der Waals surface area contributed by atoms with Crippen LogP contribution in [0.2, 0.25) is 0 Å². The van der Waals surface area contributed by atoms with Crippen LogP contribution in [0.3, 0.4) is 0 Å². The lowest BCUT2D eigenvalue weighted by Gasteiger charge is -2.15. The number of aromatic nitrogens is 1. The molecule has 0 amide bonds. The number of hydrogen-bond acceptors (Lipinski definition) is 2. The Kier molecular flexibility index (Phi) is 2.24. The molecule has 0 fully saturated rings. The van der Waals surface area contributed by atoms with Gasteiger partial charge in [0.15, 0.2) is 0 Å². The average Bonchev–Trinajstić information content (AvgIpc) is 2.78. The van der Waals surface area contributed by atoms with Crippen molar-refractivity contribution in [2.45, 2.75) is 6.54 Å². The van der Waals surface area contributed by atoms with Crippen molar-refractivity contribution >= 4 is 21.7 Å². The fraction of sp³-hybridized carbons (Fsp3) is 0.250. The molecule has 82 valence electrons. The van der Waals surface area contributed by atoms with E-state index in [4.69, 9.17) is 0 Å². The first-order valence-corrected chi connectivity index (χ1v) is 6.09. The third kappa shape index (κ3) is 1.37. The summed E-state index contributed by atoms with van der Waals surface area (Å²) in [6, 6.07) is 8.45. The number of rotatable bonds is 0. The highest BCUT2D eigenvalue weighted by molar-refractivity contribution is 9.10. The summed E-state index contributed by atoms with van der Waals surface area (Å²) in [5.74, 6) is 1.17. The third-order valence-electron chi connectivity index (χ3n) is 2.97. The molecule has 2 aliphatic heterocycles. The summed E-state index contributed by atoms with van der Waals surface area (Å²) >= 11 is 3.60. The lowest BCUT2D eigenvalue weighted by molar-refractivity contribution is 0.807. The maximum Gasteiger partial charge on any atom is 0.121 e. The van der Waals surface area contributed by atoms with Crippen molar-refractivity contribution in [1.82, 2.24) is 4.57 Å². The standard InChI is InChI=1S/C12H12BrN3/c1-14-9-3-2-8-6-10(13)12-15-4-5-16(12)11(8)7-9/h2-3,6-7,15H,4-5H2,1H3. The zero-order chi connectivity index (χ0) is 11.1. The van der Waals surface area contributed by atoms with E-state index in [1.165, 1.54) is 17.1 Å². The van der Waals surface area contributed by atoms with Crippen molar-refractivity contribution in [3.63, 3.8) is 0 Å². The molecule has 0 spiro atoms. The summed E-state index contributed by atoms with van der Waals surface area (Å²) in [4.78, 5) is 4.22. The second kappa shape index (κ2) is 3.63. The first-order valence-electron chi connectivity index (χ1n) is 5.29. The maximum absolute atomic E-state index is 4.22. The van der Waals surface area contributed by atoms with Crippen molar-refractivity contribution in [2.24, 2.45) is 4.99 Å². The molecule has 0 saturated heterocycles. The van der Waals surface area contributed by atoms with Gasteiger partial charge in [-0.2, -0.15) is 0 Å². The molecule has 1 N–H and O–H groups in total. The predicted octanol–water partition coefficient (Wildman–Crippen LogP) is 2.31. The molecule has 0 saturated carbocycles. The summed E-state index contributed by atoms with van der Waals surface area (Å²) in [7, 11) is 1.82. The first kappa shape index (κ1) is 9.90. The Labute approximate surface area is 102 Å². The van der Waals surface area contributed by atoms with Gasteiger partial charge in [-0.3, -0.25) is 4.99 Å². The Balaban J connectivity index is 2.40. The van der Waals surface area contributed by atoms with Crippen LogP contribution < -0.4 is 10.7 Å². The first-order chi connectivity index (χ1) is 7.79. The molecule has 0 unspecified atom stereocenters. The van der Waals surface area contributed by atoms with E-state index in [2.05, 4.69) is 49.0 Å². The highest BCUT2D eigenvalue weighted by Crippen LogP contribution is 2.34. The van der Waals surface area contributed by atoms with Crippen LogP contribution in [0.1, 0.15) is 0 Å². The van der Waals surface area contributed by atoms with E-state index in [9.17, 15) is 0 Å². The molecular formula is C12H12BrN3. The molecule has 2 heterocycles. The Bertz CT molecular complexity index is 586. The van der Waals surface area contributed by atoms with E-state index in [1.54, 1.807) is 0 Å². The van der Waals surface area contributed by atoms with Crippen LogP contribution in [0.15, 0.2) is 33.7 Å². The summed E-state index contributed by atoms with van der Waals surface area (Å²) in [5.41, 5.74) is 2.48.